The number of benzene rings is 2. The van der Waals surface area contributed by atoms with E-state index in [1.54, 1.807) is 29.2 Å². The van der Waals surface area contributed by atoms with Crippen LogP contribution in [0.3, 0.4) is 0 Å². The molecule has 0 radical (unpaired) electrons. The molecule has 0 spiro atoms. The Kier molecular flexibility index (Phi) is 5.48. The van der Waals surface area contributed by atoms with Crippen molar-refractivity contribution in [2.45, 2.75) is 25.1 Å². The minimum Gasteiger partial charge on any atom is -0.490 e. The Morgan fingerprint density at radius 1 is 1.07 bits per heavy atom. The topological polar surface area (TPSA) is 46.6 Å². The molecule has 0 saturated carbocycles. The van der Waals surface area contributed by atoms with E-state index >= 15 is 0 Å². The van der Waals surface area contributed by atoms with Gasteiger partial charge in [0.25, 0.3) is 5.91 Å². The Balaban J connectivity index is 1.58. The highest BCUT2D eigenvalue weighted by Gasteiger charge is 2.32. The van der Waals surface area contributed by atoms with E-state index in [1.165, 1.54) is 12.1 Å². The Hall–Kier alpha value is -2.83. The Morgan fingerprint density at radius 2 is 1.74 bits per heavy atom. The van der Waals surface area contributed by atoms with Gasteiger partial charge in [0.2, 0.25) is 0 Å². The van der Waals surface area contributed by atoms with E-state index in [2.05, 4.69) is 0 Å². The summed E-state index contributed by atoms with van der Waals surface area (Å²) in [5.41, 5.74) is -0.233. The summed E-state index contributed by atoms with van der Waals surface area (Å²) in [4.78, 5) is 24.7. The standard InChI is InChI=1S/C20H18F3NO3/c21-20(22,23)16-3-1-2-15(12-16)19(26)24-10-8-18(9-11-24)27-17-6-4-14(13-25)5-7-17/h1-7,12-13,18H,8-11H2. The minimum absolute atomic E-state index is 0.0358. The number of carbonyl (C=O) groups excluding carboxylic acids is 2. The smallest absolute Gasteiger partial charge is 0.416 e. The number of halogens is 3. The molecule has 2 aromatic carbocycles. The van der Waals surface area contributed by atoms with Crippen LogP contribution in [0.5, 0.6) is 5.75 Å². The van der Waals surface area contributed by atoms with Gasteiger partial charge in [-0.1, -0.05) is 6.07 Å². The van der Waals surface area contributed by atoms with Crippen molar-refractivity contribution in [1.29, 1.82) is 0 Å². The molecule has 0 unspecified atom stereocenters. The van der Waals surface area contributed by atoms with Gasteiger partial charge >= 0.3 is 6.18 Å². The molecular weight excluding hydrogens is 359 g/mol. The summed E-state index contributed by atoms with van der Waals surface area (Å²) in [5.74, 6) is 0.234. The number of alkyl halides is 3. The minimum atomic E-state index is -4.48. The van der Waals surface area contributed by atoms with Gasteiger partial charge in [0.15, 0.2) is 0 Å². The molecule has 3 rings (SSSR count). The fraction of sp³-hybridized carbons (Fsp3) is 0.300. The van der Waals surface area contributed by atoms with Gasteiger partial charge in [-0.05, 0) is 42.5 Å². The number of hydrogen-bond acceptors (Lipinski definition) is 3. The van der Waals surface area contributed by atoms with Crippen LogP contribution in [0.1, 0.15) is 39.1 Å². The lowest BCUT2D eigenvalue weighted by atomic mass is 10.0. The largest absolute Gasteiger partial charge is 0.490 e. The van der Waals surface area contributed by atoms with Gasteiger partial charge < -0.3 is 9.64 Å². The summed E-state index contributed by atoms with van der Waals surface area (Å²) >= 11 is 0. The lowest BCUT2D eigenvalue weighted by Gasteiger charge is -2.32. The van der Waals surface area contributed by atoms with Crippen molar-refractivity contribution in [3.05, 3.63) is 65.2 Å². The van der Waals surface area contributed by atoms with E-state index in [0.29, 0.717) is 37.2 Å². The first-order valence-corrected chi connectivity index (χ1v) is 8.55. The Morgan fingerprint density at radius 3 is 2.33 bits per heavy atom. The molecule has 1 aliphatic rings. The Bertz CT molecular complexity index is 810. The number of nitrogens with zero attached hydrogens (tertiary/aromatic N) is 1. The van der Waals surface area contributed by atoms with Crippen molar-refractivity contribution in [2.24, 2.45) is 0 Å². The monoisotopic (exact) mass is 377 g/mol. The zero-order valence-corrected chi connectivity index (χ0v) is 14.4. The van der Waals surface area contributed by atoms with E-state index in [-0.39, 0.29) is 11.7 Å². The second-order valence-corrected chi connectivity index (χ2v) is 6.37. The molecule has 4 nitrogen and oxygen atoms in total. The van der Waals surface area contributed by atoms with Crippen molar-refractivity contribution in [3.63, 3.8) is 0 Å². The first-order chi connectivity index (χ1) is 12.9. The molecule has 0 bridgehead atoms. The van der Waals surface area contributed by atoms with E-state index in [1.807, 2.05) is 0 Å². The third-order valence-corrected chi connectivity index (χ3v) is 4.48. The van der Waals surface area contributed by atoms with Crippen molar-refractivity contribution in [3.8, 4) is 5.75 Å². The number of rotatable bonds is 4. The fourth-order valence-corrected chi connectivity index (χ4v) is 3.01. The maximum Gasteiger partial charge on any atom is 0.416 e. The summed E-state index contributed by atoms with van der Waals surface area (Å²) in [7, 11) is 0. The first-order valence-electron chi connectivity index (χ1n) is 8.55. The number of ether oxygens (including phenoxy) is 1. The zero-order chi connectivity index (χ0) is 19.4. The molecule has 0 atom stereocenters. The zero-order valence-electron chi connectivity index (χ0n) is 14.4. The molecule has 0 aromatic heterocycles. The van der Waals surface area contributed by atoms with Crippen LogP contribution in [-0.2, 0) is 6.18 Å². The predicted octanol–water partition coefficient (Wildman–Crippen LogP) is 4.20. The second-order valence-electron chi connectivity index (χ2n) is 6.37. The van der Waals surface area contributed by atoms with E-state index in [9.17, 15) is 22.8 Å². The molecular formula is C20H18F3NO3. The van der Waals surface area contributed by atoms with E-state index < -0.39 is 17.6 Å². The first kappa shape index (κ1) is 18.9. The third kappa shape index (κ3) is 4.67. The Labute approximate surface area is 154 Å². The fourth-order valence-electron chi connectivity index (χ4n) is 3.01. The number of carbonyl (C=O) groups is 2. The number of aldehydes is 1. The molecule has 2 aromatic rings. The van der Waals surface area contributed by atoms with Crippen molar-refractivity contribution in [1.82, 2.24) is 4.90 Å². The lowest BCUT2D eigenvalue weighted by Crippen LogP contribution is -2.41. The number of likely N-dealkylation sites (tertiary alicyclic amines) is 1. The molecule has 1 aliphatic heterocycles. The summed E-state index contributed by atoms with van der Waals surface area (Å²) in [6.45, 7) is 0.818. The summed E-state index contributed by atoms with van der Waals surface area (Å²) in [6, 6.07) is 11.2. The van der Waals surface area contributed by atoms with Gasteiger partial charge in [0, 0.05) is 37.1 Å². The molecule has 1 saturated heterocycles. The number of amides is 1. The van der Waals surface area contributed by atoms with Crippen LogP contribution in [0.25, 0.3) is 0 Å². The summed E-state index contributed by atoms with van der Waals surface area (Å²) < 4.78 is 44.3. The molecule has 0 aliphatic carbocycles. The average molecular weight is 377 g/mol. The number of piperidine rings is 1. The van der Waals surface area contributed by atoms with Crippen LogP contribution in [0.15, 0.2) is 48.5 Å². The third-order valence-electron chi connectivity index (χ3n) is 4.48. The van der Waals surface area contributed by atoms with Crippen molar-refractivity contribution >= 4 is 12.2 Å². The van der Waals surface area contributed by atoms with Crippen LogP contribution in [-0.4, -0.2) is 36.3 Å². The van der Waals surface area contributed by atoms with Crippen LogP contribution in [0.4, 0.5) is 13.2 Å². The quantitative estimate of drug-likeness (QED) is 0.751. The normalized spacial score (nSPS) is 15.4. The highest BCUT2D eigenvalue weighted by Crippen LogP contribution is 2.30. The molecule has 1 heterocycles. The van der Waals surface area contributed by atoms with Gasteiger partial charge in [-0.3, -0.25) is 9.59 Å². The van der Waals surface area contributed by atoms with Gasteiger partial charge in [-0.2, -0.15) is 13.2 Å². The van der Waals surface area contributed by atoms with Crippen molar-refractivity contribution < 1.29 is 27.5 Å². The van der Waals surface area contributed by atoms with Crippen LogP contribution < -0.4 is 4.74 Å². The van der Waals surface area contributed by atoms with E-state index in [4.69, 9.17) is 4.74 Å². The highest BCUT2D eigenvalue weighted by atomic mass is 19.4. The summed E-state index contributed by atoms with van der Waals surface area (Å²) in [5, 5.41) is 0. The molecule has 142 valence electrons. The molecule has 1 amide bonds. The van der Waals surface area contributed by atoms with Crippen LogP contribution in [0.2, 0.25) is 0 Å². The molecule has 0 N–H and O–H groups in total. The summed E-state index contributed by atoms with van der Waals surface area (Å²) in [6.07, 6.45) is -2.64. The van der Waals surface area contributed by atoms with Gasteiger partial charge in [0.1, 0.15) is 18.1 Å². The van der Waals surface area contributed by atoms with Crippen LogP contribution in [0, 0.1) is 0 Å². The molecule has 1 fully saturated rings. The number of hydrogen-bond donors (Lipinski definition) is 0. The molecule has 27 heavy (non-hydrogen) atoms. The molecule has 7 heteroatoms. The van der Waals surface area contributed by atoms with Crippen molar-refractivity contribution in [2.75, 3.05) is 13.1 Å². The van der Waals surface area contributed by atoms with Crippen LogP contribution >= 0.6 is 0 Å². The average Bonchev–Trinajstić information content (AvgIpc) is 2.68. The lowest BCUT2D eigenvalue weighted by molar-refractivity contribution is -0.137. The maximum absolute atomic E-state index is 12.8. The van der Waals surface area contributed by atoms with Gasteiger partial charge in [-0.15, -0.1) is 0 Å². The SMILES string of the molecule is O=Cc1ccc(OC2CCN(C(=O)c3cccc(C(F)(F)F)c3)CC2)cc1. The second kappa shape index (κ2) is 7.82. The highest BCUT2D eigenvalue weighted by molar-refractivity contribution is 5.94. The maximum atomic E-state index is 12.8. The predicted molar refractivity (Wildman–Crippen MR) is 92.8 cm³/mol. The van der Waals surface area contributed by atoms with Gasteiger partial charge in [0.05, 0.1) is 5.56 Å². The van der Waals surface area contributed by atoms with Gasteiger partial charge in [-0.25, -0.2) is 0 Å². The van der Waals surface area contributed by atoms with E-state index in [0.717, 1.165) is 18.4 Å².